The molecule has 73 heavy (non-hydrogen) atoms. The first kappa shape index (κ1) is 56.4. The van der Waals surface area contributed by atoms with Crippen LogP contribution in [-0.2, 0) is 13.1 Å². The Morgan fingerprint density at radius 3 is 1.15 bits per heavy atom. The van der Waals surface area contributed by atoms with Crippen LogP contribution >= 0.6 is 12.4 Å². The highest BCUT2D eigenvalue weighted by Crippen LogP contribution is 2.39. The summed E-state index contributed by atoms with van der Waals surface area (Å²) >= 11 is 0. The number of aromatic amines is 2. The number of hydrogen-bond donors (Lipinski definition) is 6. The average molecular weight is 1020 g/mol. The predicted octanol–water partition coefficient (Wildman–Crippen LogP) is 9.34. The zero-order chi connectivity index (χ0) is 51.3. The van der Waals surface area contributed by atoms with E-state index in [1.807, 2.05) is 76.2 Å². The molecule has 2 aliphatic heterocycles. The second kappa shape index (κ2) is 26.9. The molecule has 4 aromatic carbocycles. The van der Waals surface area contributed by atoms with E-state index in [2.05, 4.69) is 53.8 Å². The van der Waals surface area contributed by atoms with Gasteiger partial charge in [-0.2, -0.15) is 10.2 Å². The van der Waals surface area contributed by atoms with Crippen molar-refractivity contribution in [2.45, 2.75) is 118 Å². The Labute approximate surface area is 436 Å². The molecule has 6 N–H and O–H groups in total. The summed E-state index contributed by atoms with van der Waals surface area (Å²) in [4.78, 5) is 35.4. The number of halogens is 1. The van der Waals surface area contributed by atoms with Crippen LogP contribution in [-0.4, -0.2) is 135 Å². The lowest BCUT2D eigenvalue weighted by atomic mass is 9.98. The number of nitrogens with zero attached hydrogens (tertiary/aromatic N) is 8. The smallest absolute Gasteiger partial charge is 0.348 e. The molecule has 2 aliphatic rings. The van der Waals surface area contributed by atoms with Crippen molar-refractivity contribution >= 4 is 12.4 Å². The van der Waals surface area contributed by atoms with Gasteiger partial charge in [-0.25, -0.2) is 28.9 Å². The standard InChI is InChI=1S/2C28H39N5O3.ClH/c2*1-4-5-6-7-12-31-13-15-32(16-14-31)19-21-8-10-22(11-9-21)33-27(29-30-28(33)36)24-17-23(20(2)3)25(34)18-26(24)35;/h2*8-11,17-18,20,34-35H,4-7,12-16,19H2,1-3H3,(H,30,36);1H. The van der Waals surface area contributed by atoms with Gasteiger partial charge < -0.3 is 30.2 Å². The molecule has 16 nitrogen and oxygen atoms in total. The van der Waals surface area contributed by atoms with Gasteiger partial charge in [0.25, 0.3) is 0 Å². The first-order valence-corrected chi connectivity index (χ1v) is 26.3. The van der Waals surface area contributed by atoms with Gasteiger partial charge in [0.2, 0.25) is 0 Å². The Kier molecular flexibility index (Phi) is 20.8. The van der Waals surface area contributed by atoms with Crippen LogP contribution in [0.4, 0.5) is 0 Å². The average Bonchev–Trinajstić information content (AvgIpc) is 3.94. The van der Waals surface area contributed by atoms with Crippen LogP contribution in [0.3, 0.4) is 0 Å². The Bertz CT molecular complexity index is 2580. The fourth-order valence-electron chi connectivity index (χ4n) is 9.79. The molecule has 0 atom stereocenters. The second-order valence-corrected chi connectivity index (χ2v) is 20.2. The maximum Gasteiger partial charge on any atom is 0.348 e. The van der Waals surface area contributed by atoms with Crippen LogP contribution in [0.25, 0.3) is 34.2 Å². The molecule has 0 amide bonds. The number of phenolic OH excluding ortho intramolecular Hbond substituents is 4. The summed E-state index contributed by atoms with van der Waals surface area (Å²) < 4.78 is 2.91. The molecule has 2 aromatic heterocycles. The molecule has 0 unspecified atom stereocenters. The Morgan fingerprint density at radius 2 is 0.822 bits per heavy atom. The molecule has 0 spiro atoms. The number of benzene rings is 4. The third kappa shape index (κ3) is 14.7. The molecule has 4 heterocycles. The topological polar surface area (TPSA) is 195 Å². The highest BCUT2D eigenvalue weighted by atomic mass is 35.5. The molecule has 2 fully saturated rings. The van der Waals surface area contributed by atoms with Crippen molar-refractivity contribution in [3.05, 3.63) is 116 Å². The molecule has 17 heteroatoms. The van der Waals surface area contributed by atoms with Crippen molar-refractivity contribution in [1.82, 2.24) is 49.1 Å². The van der Waals surface area contributed by atoms with Gasteiger partial charge in [0, 0.05) is 77.6 Å². The fraction of sp³-hybridized carbons (Fsp3) is 0.500. The second-order valence-electron chi connectivity index (χ2n) is 20.2. The summed E-state index contributed by atoms with van der Waals surface area (Å²) in [7, 11) is 0. The quantitative estimate of drug-likeness (QED) is 0.0398. The van der Waals surface area contributed by atoms with Crippen molar-refractivity contribution in [2.24, 2.45) is 0 Å². The summed E-state index contributed by atoms with van der Waals surface area (Å²) in [6.45, 7) is 25.3. The van der Waals surface area contributed by atoms with Crippen LogP contribution in [0.2, 0.25) is 0 Å². The van der Waals surface area contributed by atoms with Crippen molar-refractivity contribution in [1.29, 1.82) is 0 Å². The van der Waals surface area contributed by atoms with E-state index in [4.69, 9.17) is 0 Å². The largest absolute Gasteiger partial charge is 0.508 e. The van der Waals surface area contributed by atoms with E-state index in [1.165, 1.54) is 96.8 Å². The summed E-state index contributed by atoms with van der Waals surface area (Å²) in [6, 6.07) is 21.9. The minimum Gasteiger partial charge on any atom is -0.508 e. The molecule has 0 aliphatic carbocycles. The number of H-pyrrole nitrogens is 2. The fourth-order valence-corrected chi connectivity index (χ4v) is 9.79. The van der Waals surface area contributed by atoms with Gasteiger partial charge in [-0.05, 0) is 96.4 Å². The number of rotatable bonds is 20. The first-order valence-electron chi connectivity index (χ1n) is 26.3. The zero-order valence-corrected chi connectivity index (χ0v) is 44.6. The summed E-state index contributed by atoms with van der Waals surface area (Å²) in [5.74, 6) is 0.507. The Hall–Kier alpha value is -5.91. The third-order valence-corrected chi connectivity index (χ3v) is 14.1. The lowest BCUT2D eigenvalue weighted by molar-refractivity contribution is 0.125. The molecule has 0 bridgehead atoms. The van der Waals surface area contributed by atoms with E-state index in [-0.39, 0.29) is 58.6 Å². The number of unbranched alkanes of at least 4 members (excludes halogenated alkanes) is 6. The van der Waals surface area contributed by atoms with Crippen molar-refractivity contribution < 1.29 is 20.4 Å². The predicted molar refractivity (Wildman–Crippen MR) is 293 cm³/mol. The number of aromatic nitrogens is 6. The van der Waals surface area contributed by atoms with Gasteiger partial charge in [0.15, 0.2) is 11.6 Å². The number of phenols is 4. The first-order chi connectivity index (χ1) is 34.7. The Balaban J connectivity index is 0.000000235. The van der Waals surface area contributed by atoms with E-state index in [9.17, 15) is 30.0 Å². The number of piperazine rings is 2. The van der Waals surface area contributed by atoms with E-state index >= 15 is 0 Å². The van der Waals surface area contributed by atoms with Gasteiger partial charge in [0.05, 0.1) is 22.5 Å². The van der Waals surface area contributed by atoms with Gasteiger partial charge in [0.1, 0.15) is 23.0 Å². The van der Waals surface area contributed by atoms with Crippen molar-refractivity contribution in [3.8, 4) is 57.1 Å². The van der Waals surface area contributed by atoms with Crippen LogP contribution in [0.15, 0.2) is 82.4 Å². The summed E-state index contributed by atoms with van der Waals surface area (Å²) in [5, 5.41) is 54.8. The SMILES string of the molecule is CCCCCCN1CCN(Cc2ccc(-n3c(-c4cc(C(C)C)c(O)cc4O)n[nH]c3=O)cc2)CC1.CCCCCCN1CCN(Cc2ccc(-n3c(-c4cc(C(C)C)c(O)cc4O)n[nH]c3=O)cc2)CC1.Cl. The highest BCUT2D eigenvalue weighted by Gasteiger charge is 2.23. The third-order valence-electron chi connectivity index (χ3n) is 14.1. The molecule has 396 valence electrons. The van der Waals surface area contributed by atoms with E-state index < -0.39 is 0 Å². The monoisotopic (exact) mass is 1020 g/mol. The van der Waals surface area contributed by atoms with Crippen molar-refractivity contribution in [3.63, 3.8) is 0 Å². The number of aromatic hydroxyl groups is 4. The van der Waals surface area contributed by atoms with Gasteiger partial charge in [-0.1, -0.05) is 104 Å². The molecule has 6 aromatic rings. The molecular weight excluding hydrogens is 944 g/mol. The molecular formula is C56H79ClN10O6. The zero-order valence-electron chi connectivity index (χ0n) is 43.8. The summed E-state index contributed by atoms with van der Waals surface area (Å²) in [6.07, 6.45) is 10.5. The van der Waals surface area contributed by atoms with Gasteiger partial charge in [-0.15, -0.1) is 12.4 Å². The van der Waals surface area contributed by atoms with E-state index in [0.717, 1.165) is 65.4 Å². The van der Waals surface area contributed by atoms with Gasteiger partial charge >= 0.3 is 11.4 Å². The van der Waals surface area contributed by atoms with Crippen LogP contribution in [0.5, 0.6) is 23.0 Å². The normalized spacial score (nSPS) is 14.9. The lowest BCUT2D eigenvalue weighted by Crippen LogP contribution is -2.46. The number of hydrogen-bond acceptors (Lipinski definition) is 12. The maximum atomic E-state index is 12.7. The van der Waals surface area contributed by atoms with Crippen LogP contribution < -0.4 is 11.4 Å². The molecule has 8 rings (SSSR count). The van der Waals surface area contributed by atoms with Crippen molar-refractivity contribution in [2.75, 3.05) is 65.4 Å². The minimum absolute atomic E-state index is 0. The van der Waals surface area contributed by atoms with Crippen LogP contribution in [0.1, 0.15) is 127 Å². The number of nitrogens with one attached hydrogen (secondary N) is 2. The Morgan fingerprint density at radius 1 is 0.479 bits per heavy atom. The van der Waals surface area contributed by atoms with E-state index in [0.29, 0.717) is 45.3 Å². The molecule has 2 saturated heterocycles. The van der Waals surface area contributed by atoms with Gasteiger partial charge in [-0.3, -0.25) is 9.80 Å². The van der Waals surface area contributed by atoms with E-state index in [1.54, 1.807) is 12.1 Å². The maximum absolute atomic E-state index is 12.7. The van der Waals surface area contributed by atoms with Crippen LogP contribution in [0, 0.1) is 0 Å². The summed E-state index contributed by atoms with van der Waals surface area (Å²) in [5.41, 5.74) is 5.12. The lowest BCUT2D eigenvalue weighted by Gasteiger charge is -2.34. The molecule has 0 saturated carbocycles. The minimum atomic E-state index is -0.383. The molecule has 0 radical (unpaired) electrons. The highest BCUT2D eigenvalue weighted by molar-refractivity contribution is 5.85.